The van der Waals surface area contributed by atoms with Crippen LogP contribution in [-0.4, -0.2) is 23.2 Å². The van der Waals surface area contributed by atoms with E-state index in [1.54, 1.807) is 11.8 Å². The van der Waals surface area contributed by atoms with Crippen LogP contribution in [0, 0.1) is 13.8 Å². The molecule has 0 saturated carbocycles. The van der Waals surface area contributed by atoms with Crippen molar-refractivity contribution in [2.45, 2.75) is 32.2 Å². The third-order valence-corrected chi connectivity index (χ3v) is 4.40. The number of thioether (sulfide) groups is 1. The molecule has 0 amide bonds. The second-order valence-corrected chi connectivity index (χ2v) is 5.74. The summed E-state index contributed by atoms with van der Waals surface area (Å²) in [5.41, 5.74) is 2.89. The van der Waals surface area contributed by atoms with Gasteiger partial charge >= 0.3 is 0 Å². The molecule has 1 aromatic carbocycles. The molecule has 0 atom stereocenters. The fourth-order valence-electron chi connectivity index (χ4n) is 2.53. The molecule has 0 bridgehead atoms. The van der Waals surface area contributed by atoms with Crippen LogP contribution >= 0.6 is 11.8 Å². The van der Waals surface area contributed by atoms with Crippen LogP contribution in [0.4, 0.5) is 0 Å². The molecule has 4 heteroatoms. The predicted molar refractivity (Wildman–Crippen MR) is 87.6 cm³/mol. The van der Waals surface area contributed by atoms with Gasteiger partial charge in [0.15, 0.2) is 6.61 Å². The van der Waals surface area contributed by atoms with E-state index >= 15 is 0 Å². The smallest absolute Gasteiger partial charge is 0.202 e. The highest BCUT2D eigenvalue weighted by atomic mass is 32.2. The van der Waals surface area contributed by atoms with Gasteiger partial charge in [-0.05, 0) is 45.2 Å². The SMILES string of the molecule is CCn1c(C)cc(C(=O)COc2ccccc2SC)c1C. The van der Waals surface area contributed by atoms with Gasteiger partial charge in [-0.1, -0.05) is 12.1 Å². The topological polar surface area (TPSA) is 31.2 Å². The van der Waals surface area contributed by atoms with Crippen molar-refractivity contribution >= 4 is 17.5 Å². The summed E-state index contributed by atoms with van der Waals surface area (Å²) in [5, 5.41) is 0. The minimum absolute atomic E-state index is 0.0266. The van der Waals surface area contributed by atoms with Gasteiger partial charge in [0.1, 0.15) is 5.75 Å². The van der Waals surface area contributed by atoms with Crippen LogP contribution in [0.15, 0.2) is 35.2 Å². The van der Waals surface area contributed by atoms with E-state index in [2.05, 4.69) is 11.5 Å². The largest absolute Gasteiger partial charge is 0.484 e. The maximum absolute atomic E-state index is 12.4. The van der Waals surface area contributed by atoms with Gasteiger partial charge in [0.05, 0.1) is 0 Å². The lowest BCUT2D eigenvalue weighted by atomic mass is 10.1. The zero-order valence-electron chi connectivity index (χ0n) is 13.0. The van der Waals surface area contributed by atoms with Gasteiger partial charge < -0.3 is 9.30 Å². The number of aryl methyl sites for hydroxylation is 1. The molecule has 0 radical (unpaired) electrons. The molecule has 1 aromatic heterocycles. The number of rotatable bonds is 6. The Kier molecular flexibility index (Phi) is 5.12. The molecule has 0 aliphatic carbocycles. The van der Waals surface area contributed by atoms with Crippen molar-refractivity contribution < 1.29 is 9.53 Å². The molecule has 0 spiro atoms. The van der Waals surface area contributed by atoms with E-state index in [-0.39, 0.29) is 12.4 Å². The molecule has 112 valence electrons. The fourth-order valence-corrected chi connectivity index (χ4v) is 3.07. The van der Waals surface area contributed by atoms with Gasteiger partial charge in [0, 0.05) is 28.4 Å². The van der Waals surface area contributed by atoms with Gasteiger partial charge in [0.25, 0.3) is 0 Å². The summed E-state index contributed by atoms with van der Waals surface area (Å²) in [6.07, 6.45) is 2.00. The zero-order valence-corrected chi connectivity index (χ0v) is 13.8. The molecule has 0 N–H and O–H groups in total. The Morgan fingerprint density at radius 1 is 1.29 bits per heavy atom. The minimum atomic E-state index is 0.0266. The van der Waals surface area contributed by atoms with Gasteiger partial charge in [0.2, 0.25) is 5.78 Å². The lowest BCUT2D eigenvalue weighted by molar-refractivity contribution is 0.0919. The average molecular weight is 303 g/mol. The highest BCUT2D eigenvalue weighted by Gasteiger charge is 2.16. The predicted octanol–water partition coefficient (Wildman–Crippen LogP) is 4.11. The zero-order chi connectivity index (χ0) is 15.4. The summed E-state index contributed by atoms with van der Waals surface area (Å²) in [4.78, 5) is 13.4. The van der Waals surface area contributed by atoms with Crippen LogP contribution in [0.25, 0.3) is 0 Å². The first-order chi connectivity index (χ1) is 10.1. The first-order valence-electron chi connectivity index (χ1n) is 7.04. The number of ether oxygens (including phenoxy) is 1. The fraction of sp³-hybridized carbons (Fsp3) is 0.353. The molecular formula is C17H21NO2S. The van der Waals surface area contributed by atoms with E-state index in [1.165, 1.54) is 0 Å². The Morgan fingerprint density at radius 3 is 2.62 bits per heavy atom. The number of carbonyl (C=O) groups is 1. The van der Waals surface area contributed by atoms with Crippen molar-refractivity contribution in [3.8, 4) is 5.75 Å². The molecular weight excluding hydrogens is 282 g/mol. The Morgan fingerprint density at radius 2 is 2.00 bits per heavy atom. The summed E-state index contributed by atoms with van der Waals surface area (Å²) in [6.45, 7) is 7.04. The number of para-hydroxylation sites is 1. The molecule has 2 rings (SSSR count). The number of aromatic nitrogens is 1. The minimum Gasteiger partial charge on any atom is -0.484 e. The van der Waals surface area contributed by atoms with Crippen LogP contribution in [0.3, 0.4) is 0 Å². The first-order valence-corrected chi connectivity index (χ1v) is 8.26. The van der Waals surface area contributed by atoms with Crippen LogP contribution in [0.2, 0.25) is 0 Å². The Balaban J connectivity index is 2.12. The number of ketones is 1. The molecule has 0 unspecified atom stereocenters. The summed E-state index contributed by atoms with van der Waals surface area (Å²) >= 11 is 1.62. The molecule has 1 heterocycles. The van der Waals surface area contributed by atoms with Crippen molar-refractivity contribution in [3.63, 3.8) is 0 Å². The maximum atomic E-state index is 12.4. The van der Waals surface area contributed by atoms with Crippen LogP contribution < -0.4 is 4.74 Å². The van der Waals surface area contributed by atoms with Crippen molar-refractivity contribution in [3.05, 3.63) is 47.3 Å². The summed E-state index contributed by atoms with van der Waals surface area (Å²) in [7, 11) is 0. The number of hydrogen-bond donors (Lipinski definition) is 0. The molecule has 0 aliphatic rings. The van der Waals surface area contributed by atoms with E-state index < -0.39 is 0 Å². The number of carbonyl (C=O) groups excluding carboxylic acids is 1. The Labute approximate surface area is 130 Å². The van der Waals surface area contributed by atoms with Crippen molar-refractivity contribution in [1.29, 1.82) is 0 Å². The third-order valence-electron chi connectivity index (χ3n) is 3.62. The number of nitrogens with zero attached hydrogens (tertiary/aromatic N) is 1. The molecule has 21 heavy (non-hydrogen) atoms. The third kappa shape index (κ3) is 3.32. The molecule has 0 fully saturated rings. The maximum Gasteiger partial charge on any atom is 0.202 e. The van der Waals surface area contributed by atoms with Crippen molar-refractivity contribution in [2.24, 2.45) is 0 Å². The van der Waals surface area contributed by atoms with E-state index in [1.807, 2.05) is 50.4 Å². The van der Waals surface area contributed by atoms with E-state index in [0.717, 1.165) is 34.1 Å². The molecule has 2 aromatic rings. The van der Waals surface area contributed by atoms with E-state index in [4.69, 9.17) is 4.74 Å². The summed E-state index contributed by atoms with van der Waals surface area (Å²) in [6, 6.07) is 9.73. The molecule has 0 aliphatic heterocycles. The molecule has 3 nitrogen and oxygen atoms in total. The van der Waals surface area contributed by atoms with Crippen LogP contribution in [-0.2, 0) is 6.54 Å². The van der Waals surface area contributed by atoms with Crippen LogP contribution in [0.5, 0.6) is 5.75 Å². The van der Waals surface area contributed by atoms with Crippen molar-refractivity contribution in [2.75, 3.05) is 12.9 Å². The highest BCUT2D eigenvalue weighted by molar-refractivity contribution is 7.98. The second-order valence-electron chi connectivity index (χ2n) is 4.89. The molecule has 0 saturated heterocycles. The lowest BCUT2D eigenvalue weighted by Gasteiger charge is -2.09. The first kappa shape index (κ1) is 15.7. The number of benzene rings is 1. The van der Waals surface area contributed by atoms with Gasteiger partial charge in [-0.2, -0.15) is 0 Å². The normalized spacial score (nSPS) is 10.7. The monoisotopic (exact) mass is 303 g/mol. The van der Waals surface area contributed by atoms with Gasteiger partial charge in [-0.3, -0.25) is 4.79 Å². The van der Waals surface area contributed by atoms with E-state index in [9.17, 15) is 4.79 Å². The van der Waals surface area contributed by atoms with E-state index in [0.29, 0.717) is 0 Å². The average Bonchev–Trinajstić information content (AvgIpc) is 2.79. The van der Waals surface area contributed by atoms with Gasteiger partial charge in [-0.15, -0.1) is 11.8 Å². The second kappa shape index (κ2) is 6.85. The van der Waals surface area contributed by atoms with Crippen molar-refractivity contribution in [1.82, 2.24) is 4.57 Å². The standard InChI is InChI=1S/C17H21NO2S/c1-5-18-12(2)10-14(13(18)3)15(19)11-20-16-8-6-7-9-17(16)21-4/h6-10H,5,11H2,1-4H3. The summed E-state index contributed by atoms with van der Waals surface area (Å²) in [5.74, 6) is 0.793. The number of Topliss-reactive ketones (excluding diaryl/α,β-unsaturated/α-hetero) is 1. The number of hydrogen-bond acceptors (Lipinski definition) is 3. The Hall–Kier alpha value is -1.68. The lowest BCUT2D eigenvalue weighted by Crippen LogP contribution is -2.13. The van der Waals surface area contributed by atoms with Crippen LogP contribution in [0.1, 0.15) is 28.7 Å². The van der Waals surface area contributed by atoms with Gasteiger partial charge in [-0.25, -0.2) is 0 Å². The highest BCUT2D eigenvalue weighted by Crippen LogP contribution is 2.27. The summed E-state index contributed by atoms with van der Waals surface area (Å²) < 4.78 is 7.84. The Bertz CT molecular complexity index is 646. The quantitative estimate of drug-likeness (QED) is 0.594.